The average molecular weight is 496 g/mol. The molecule has 1 amide bonds. The molecule has 0 aliphatic carbocycles. The lowest BCUT2D eigenvalue weighted by Crippen LogP contribution is -2.50. The molecule has 11 heteroatoms. The van der Waals surface area contributed by atoms with Gasteiger partial charge >= 0.3 is 0 Å². The van der Waals surface area contributed by atoms with Crippen molar-refractivity contribution in [3.05, 3.63) is 71.2 Å². The van der Waals surface area contributed by atoms with E-state index >= 15 is 0 Å². The van der Waals surface area contributed by atoms with Gasteiger partial charge in [0.1, 0.15) is 11.6 Å². The number of carbonyl (C=O) groups excluding carboxylic acids is 1. The minimum Gasteiger partial charge on any atom is -0.441 e. The number of sulfonamides is 1. The van der Waals surface area contributed by atoms with Gasteiger partial charge in [0.2, 0.25) is 15.9 Å². The molecule has 1 saturated heterocycles. The number of amides is 1. The molecule has 2 heterocycles. The lowest BCUT2D eigenvalue weighted by Gasteiger charge is -2.34. The summed E-state index contributed by atoms with van der Waals surface area (Å²) in [6.45, 7) is 0.664. The topological polar surface area (TPSA) is 83.7 Å². The largest absolute Gasteiger partial charge is 0.441 e. The molecule has 7 nitrogen and oxygen atoms in total. The van der Waals surface area contributed by atoms with Crippen molar-refractivity contribution in [2.24, 2.45) is 0 Å². The molecule has 2 aromatic carbocycles. The number of nitrogens with zero attached hydrogens (tertiary/aromatic N) is 3. The molecular formula is C22H20ClF2N3O4S. The highest BCUT2D eigenvalue weighted by molar-refractivity contribution is 7.89. The molecular weight excluding hydrogens is 476 g/mol. The monoisotopic (exact) mass is 495 g/mol. The first-order valence-corrected chi connectivity index (χ1v) is 12.0. The minimum absolute atomic E-state index is 0.0942. The molecule has 0 radical (unpaired) electrons. The van der Waals surface area contributed by atoms with E-state index in [9.17, 15) is 22.0 Å². The molecule has 0 unspecified atom stereocenters. The second-order valence-corrected chi connectivity index (χ2v) is 9.80. The second kappa shape index (κ2) is 9.58. The normalized spacial score (nSPS) is 15.1. The highest BCUT2D eigenvalue weighted by Gasteiger charge is 2.30. The van der Waals surface area contributed by atoms with E-state index in [0.29, 0.717) is 11.5 Å². The van der Waals surface area contributed by atoms with E-state index in [1.54, 1.807) is 23.1 Å². The van der Waals surface area contributed by atoms with Crippen molar-refractivity contribution in [1.82, 2.24) is 14.2 Å². The maximum atomic E-state index is 13.9. The van der Waals surface area contributed by atoms with E-state index in [4.69, 9.17) is 16.0 Å². The first-order valence-electron chi connectivity index (χ1n) is 10.2. The van der Waals surface area contributed by atoms with Crippen LogP contribution < -0.4 is 0 Å². The molecule has 1 aliphatic rings. The average Bonchev–Trinajstić information content (AvgIpc) is 3.28. The van der Waals surface area contributed by atoms with Crippen molar-refractivity contribution in [2.45, 2.75) is 17.7 Å². The van der Waals surface area contributed by atoms with Crippen LogP contribution in [0.1, 0.15) is 12.3 Å². The quantitative estimate of drug-likeness (QED) is 0.520. The third kappa shape index (κ3) is 5.07. The molecule has 0 N–H and O–H groups in total. The molecule has 174 valence electrons. The Labute approximate surface area is 194 Å². The molecule has 4 rings (SSSR count). The highest BCUT2D eigenvalue weighted by atomic mass is 35.5. The van der Waals surface area contributed by atoms with Crippen LogP contribution in [0.25, 0.3) is 11.3 Å². The van der Waals surface area contributed by atoms with Gasteiger partial charge in [-0.1, -0.05) is 23.7 Å². The first-order chi connectivity index (χ1) is 15.8. The molecule has 3 aromatic rings. The predicted octanol–water partition coefficient (Wildman–Crippen LogP) is 3.74. The molecule has 33 heavy (non-hydrogen) atoms. The van der Waals surface area contributed by atoms with E-state index in [-0.39, 0.29) is 60.6 Å². The van der Waals surface area contributed by atoms with Gasteiger partial charge in [-0.2, -0.15) is 4.31 Å². The number of piperazine rings is 1. The lowest BCUT2D eigenvalue weighted by atomic mass is 10.2. The van der Waals surface area contributed by atoms with Crippen molar-refractivity contribution in [3.63, 3.8) is 0 Å². The number of benzene rings is 2. The Morgan fingerprint density at radius 3 is 2.48 bits per heavy atom. The SMILES string of the molecule is O=C(CCc1ncc(-c2ccccc2F)o1)N1CCN(S(=O)(=O)c2ccc(F)c(Cl)c2)CC1. The summed E-state index contributed by atoms with van der Waals surface area (Å²) in [5.74, 6) is -0.682. The lowest BCUT2D eigenvalue weighted by molar-refractivity contribution is -0.132. The van der Waals surface area contributed by atoms with E-state index < -0.39 is 21.7 Å². The minimum atomic E-state index is -3.84. The van der Waals surface area contributed by atoms with E-state index in [1.165, 1.54) is 22.6 Å². The van der Waals surface area contributed by atoms with Crippen molar-refractivity contribution in [1.29, 1.82) is 0 Å². The number of aromatic nitrogens is 1. The number of oxazole rings is 1. The Morgan fingerprint density at radius 2 is 1.79 bits per heavy atom. The Bertz CT molecular complexity index is 1270. The Morgan fingerprint density at radius 1 is 1.06 bits per heavy atom. The smallest absolute Gasteiger partial charge is 0.243 e. The van der Waals surface area contributed by atoms with Gasteiger partial charge in [0.05, 0.1) is 21.7 Å². The predicted molar refractivity (Wildman–Crippen MR) is 117 cm³/mol. The first kappa shape index (κ1) is 23.3. The van der Waals surface area contributed by atoms with Crippen LogP contribution in [0.15, 0.2) is 58.0 Å². The molecule has 0 spiro atoms. The van der Waals surface area contributed by atoms with Crippen LogP contribution in [-0.2, 0) is 21.2 Å². The Hall–Kier alpha value is -2.82. The second-order valence-electron chi connectivity index (χ2n) is 7.46. The fourth-order valence-corrected chi connectivity index (χ4v) is 5.24. The maximum Gasteiger partial charge on any atom is 0.243 e. The fourth-order valence-electron chi connectivity index (χ4n) is 3.55. The van der Waals surface area contributed by atoms with Crippen molar-refractivity contribution in [3.8, 4) is 11.3 Å². The Kier molecular flexibility index (Phi) is 6.78. The van der Waals surface area contributed by atoms with Gasteiger partial charge in [0, 0.05) is 39.0 Å². The maximum absolute atomic E-state index is 13.9. The molecule has 0 saturated carbocycles. The number of carbonyl (C=O) groups is 1. The van der Waals surface area contributed by atoms with Gasteiger partial charge in [0.15, 0.2) is 11.7 Å². The molecule has 1 fully saturated rings. The van der Waals surface area contributed by atoms with Crippen molar-refractivity contribution < 1.29 is 26.4 Å². The number of aryl methyl sites for hydroxylation is 1. The summed E-state index contributed by atoms with van der Waals surface area (Å²) in [5.41, 5.74) is 0.294. The molecule has 1 aliphatic heterocycles. The molecule has 1 aromatic heterocycles. The number of rotatable bonds is 6. The van der Waals surface area contributed by atoms with Crippen molar-refractivity contribution >= 4 is 27.5 Å². The zero-order valence-corrected chi connectivity index (χ0v) is 19.0. The summed E-state index contributed by atoms with van der Waals surface area (Å²) >= 11 is 5.71. The summed E-state index contributed by atoms with van der Waals surface area (Å²) in [4.78, 5) is 18.2. The number of hydrogen-bond acceptors (Lipinski definition) is 5. The Balaban J connectivity index is 1.32. The van der Waals surface area contributed by atoms with Crippen LogP contribution in [-0.4, -0.2) is 54.7 Å². The van der Waals surface area contributed by atoms with Crippen LogP contribution in [0, 0.1) is 11.6 Å². The van der Waals surface area contributed by atoms with Crippen LogP contribution in [0.4, 0.5) is 8.78 Å². The van der Waals surface area contributed by atoms with Gasteiger partial charge in [-0.15, -0.1) is 0 Å². The summed E-state index contributed by atoms with van der Waals surface area (Å²) in [6, 6.07) is 9.43. The summed E-state index contributed by atoms with van der Waals surface area (Å²) in [5, 5.41) is -0.269. The highest BCUT2D eigenvalue weighted by Crippen LogP contribution is 2.25. The fraction of sp³-hybridized carbons (Fsp3) is 0.273. The number of halogens is 3. The molecule has 0 bridgehead atoms. The summed E-state index contributed by atoms with van der Waals surface area (Å²) in [6.07, 6.45) is 1.78. The van der Waals surface area contributed by atoms with Crippen LogP contribution in [0.5, 0.6) is 0 Å². The van der Waals surface area contributed by atoms with Crippen LogP contribution >= 0.6 is 11.6 Å². The third-order valence-electron chi connectivity index (χ3n) is 5.37. The van der Waals surface area contributed by atoms with Crippen LogP contribution in [0.2, 0.25) is 5.02 Å². The van der Waals surface area contributed by atoms with E-state index in [1.807, 2.05) is 0 Å². The zero-order valence-electron chi connectivity index (χ0n) is 17.4. The van der Waals surface area contributed by atoms with Gasteiger partial charge in [-0.05, 0) is 30.3 Å². The van der Waals surface area contributed by atoms with Crippen LogP contribution in [0.3, 0.4) is 0 Å². The molecule has 0 atom stereocenters. The van der Waals surface area contributed by atoms with Crippen molar-refractivity contribution in [2.75, 3.05) is 26.2 Å². The standard InChI is InChI=1S/C22H20ClF2N3O4S/c23-17-13-15(5-6-19(17)25)33(30,31)28-11-9-27(10-12-28)22(29)8-7-21-26-14-20(32-21)16-3-1-2-4-18(16)24/h1-6,13-14H,7-12H2. The van der Waals surface area contributed by atoms with E-state index in [0.717, 1.165) is 12.1 Å². The van der Waals surface area contributed by atoms with Gasteiger partial charge in [-0.3, -0.25) is 4.79 Å². The zero-order chi connectivity index (χ0) is 23.6. The van der Waals surface area contributed by atoms with E-state index in [2.05, 4.69) is 4.98 Å². The third-order valence-corrected chi connectivity index (χ3v) is 7.55. The summed E-state index contributed by atoms with van der Waals surface area (Å²) < 4.78 is 59.6. The van der Waals surface area contributed by atoms with Gasteiger partial charge in [-0.25, -0.2) is 22.2 Å². The van der Waals surface area contributed by atoms with Gasteiger partial charge in [0.25, 0.3) is 0 Å². The van der Waals surface area contributed by atoms with Gasteiger partial charge < -0.3 is 9.32 Å². The number of hydrogen-bond donors (Lipinski definition) is 0. The summed E-state index contributed by atoms with van der Waals surface area (Å²) in [7, 11) is -3.84.